The van der Waals surface area contributed by atoms with E-state index in [1.165, 1.54) is 0 Å². The van der Waals surface area contributed by atoms with Crippen molar-refractivity contribution in [3.8, 4) is 5.75 Å². The Kier molecular flexibility index (Phi) is 5.22. The maximum atomic E-state index is 12.6. The fraction of sp³-hybridized carbons (Fsp3) is 0.250. The van der Waals surface area contributed by atoms with Gasteiger partial charge in [0.05, 0.1) is 7.11 Å². The van der Waals surface area contributed by atoms with Crippen LogP contribution in [0.2, 0.25) is 0 Å². The summed E-state index contributed by atoms with van der Waals surface area (Å²) in [6.07, 6.45) is 1.66. The Labute approximate surface area is 138 Å². The van der Waals surface area contributed by atoms with E-state index < -0.39 is 0 Å². The van der Waals surface area contributed by atoms with Gasteiger partial charge in [-0.1, -0.05) is 30.3 Å². The number of methoxy groups -OCH3 is 1. The van der Waals surface area contributed by atoms with Crippen molar-refractivity contribution in [2.45, 2.75) is 26.3 Å². The molecule has 0 spiro atoms. The van der Waals surface area contributed by atoms with Gasteiger partial charge in [-0.25, -0.2) is 0 Å². The first-order valence-electron chi connectivity index (χ1n) is 7.63. The summed E-state index contributed by atoms with van der Waals surface area (Å²) in [7, 11) is 1.61. The molecule has 3 nitrogen and oxygen atoms in total. The van der Waals surface area contributed by atoms with Crippen LogP contribution in [0.3, 0.4) is 0 Å². The van der Waals surface area contributed by atoms with Gasteiger partial charge in [-0.05, 0) is 50.6 Å². The zero-order valence-electron chi connectivity index (χ0n) is 14.1. The molecule has 0 aliphatic carbocycles. The van der Waals surface area contributed by atoms with Gasteiger partial charge in [-0.2, -0.15) is 0 Å². The second kappa shape index (κ2) is 7.14. The molecule has 0 unspecified atom stereocenters. The van der Waals surface area contributed by atoms with Gasteiger partial charge in [-0.3, -0.25) is 4.79 Å². The lowest BCUT2D eigenvalue weighted by molar-refractivity contribution is 0.104. The van der Waals surface area contributed by atoms with E-state index in [4.69, 9.17) is 4.74 Å². The van der Waals surface area contributed by atoms with Crippen LogP contribution in [0.15, 0.2) is 60.7 Å². The maximum absolute atomic E-state index is 12.6. The molecule has 0 radical (unpaired) electrons. The SMILES string of the molecule is COc1ccc(C(=O)/C=C(\NC(C)(C)C)c2ccccc2)cc1. The number of carbonyl (C=O) groups is 1. The van der Waals surface area contributed by atoms with Crippen LogP contribution in [0.4, 0.5) is 0 Å². The molecule has 23 heavy (non-hydrogen) atoms. The maximum Gasteiger partial charge on any atom is 0.187 e. The van der Waals surface area contributed by atoms with Crippen molar-refractivity contribution in [1.82, 2.24) is 5.32 Å². The van der Waals surface area contributed by atoms with Crippen molar-refractivity contribution in [2.75, 3.05) is 7.11 Å². The highest BCUT2D eigenvalue weighted by Gasteiger charge is 2.14. The third-order valence-electron chi connectivity index (χ3n) is 3.24. The van der Waals surface area contributed by atoms with Crippen molar-refractivity contribution in [2.24, 2.45) is 0 Å². The van der Waals surface area contributed by atoms with Crippen LogP contribution in [0.1, 0.15) is 36.7 Å². The summed E-state index contributed by atoms with van der Waals surface area (Å²) in [6, 6.07) is 17.0. The molecule has 2 aromatic rings. The topological polar surface area (TPSA) is 38.3 Å². The Morgan fingerprint density at radius 3 is 2.09 bits per heavy atom. The van der Waals surface area contributed by atoms with Gasteiger partial charge < -0.3 is 10.1 Å². The van der Waals surface area contributed by atoms with Crippen LogP contribution in [0.5, 0.6) is 5.75 Å². The molecular formula is C20H23NO2. The molecule has 120 valence electrons. The molecule has 2 rings (SSSR count). The van der Waals surface area contributed by atoms with Crippen LogP contribution in [-0.4, -0.2) is 18.4 Å². The van der Waals surface area contributed by atoms with Gasteiger partial charge in [0.2, 0.25) is 0 Å². The number of ether oxygens (including phenoxy) is 1. The Morgan fingerprint density at radius 2 is 1.57 bits per heavy atom. The normalized spacial score (nSPS) is 11.9. The third-order valence-corrected chi connectivity index (χ3v) is 3.24. The smallest absolute Gasteiger partial charge is 0.187 e. The van der Waals surface area contributed by atoms with E-state index in [-0.39, 0.29) is 11.3 Å². The van der Waals surface area contributed by atoms with E-state index in [9.17, 15) is 4.79 Å². The molecule has 0 aliphatic rings. The second-order valence-corrected chi connectivity index (χ2v) is 6.39. The monoisotopic (exact) mass is 309 g/mol. The van der Waals surface area contributed by atoms with Crippen LogP contribution in [0, 0.1) is 0 Å². The number of rotatable bonds is 5. The minimum Gasteiger partial charge on any atom is -0.497 e. The van der Waals surface area contributed by atoms with Crippen LogP contribution in [-0.2, 0) is 0 Å². The highest BCUT2D eigenvalue weighted by molar-refractivity contribution is 6.08. The molecule has 1 N–H and O–H groups in total. The standard InChI is InChI=1S/C20H23NO2/c1-20(2,3)21-18(15-8-6-5-7-9-15)14-19(22)16-10-12-17(23-4)13-11-16/h5-14,21H,1-4H3/b18-14-. The lowest BCUT2D eigenvalue weighted by Gasteiger charge is -2.24. The summed E-state index contributed by atoms with van der Waals surface area (Å²) < 4.78 is 5.13. The molecule has 0 fully saturated rings. The van der Waals surface area contributed by atoms with Gasteiger partial charge >= 0.3 is 0 Å². The van der Waals surface area contributed by atoms with Crippen LogP contribution < -0.4 is 10.1 Å². The molecule has 2 aromatic carbocycles. The molecule has 0 saturated carbocycles. The number of ketones is 1. The van der Waals surface area contributed by atoms with Crippen molar-refractivity contribution in [3.05, 3.63) is 71.8 Å². The Bertz CT molecular complexity index is 680. The molecule has 3 heteroatoms. The van der Waals surface area contributed by atoms with E-state index in [2.05, 4.69) is 26.1 Å². The number of carbonyl (C=O) groups excluding carboxylic acids is 1. The average Bonchev–Trinajstić information content (AvgIpc) is 2.54. The minimum atomic E-state index is -0.137. The number of allylic oxidation sites excluding steroid dienone is 1. The molecule has 0 aromatic heterocycles. The van der Waals surface area contributed by atoms with E-state index in [0.29, 0.717) is 5.56 Å². The molecule has 0 amide bonds. The first-order chi connectivity index (χ1) is 10.9. The fourth-order valence-electron chi connectivity index (χ4n) is 2.18. The first kappa shape index (κ1) is 16.8. The summed E-state index contributed by atoms with van der Waals surface area (Å²) in [4.78, 5) is 12.6. The molecule has 0 aliphatic heterocycles. The quantitative estimate of drug-likeness (QED) is 0.661. The fourth-order valence-corrected chi connectivity index (χ4v) is 2.18. The van der Waals surface area contributed by atoms with E-state index in [0.717, 1.165) is 17.0 Å². The Morgan fingerprint density at radius 1 is 0.957 bits per heavy atom. The zero-order valence-corrected chi connectivity index (χ0v) is 14.1. The summed E-state index contributed by atoms with van der Waals surface area (Å²) in [5.74, 6) is 0.699. The van der Waals surface area contributed by atoms with Crippen molar-refractivity contribution >= 4 is 11.5 Å². The molecule has 0 bridgehead atoms. The highest BCUT2D eigenvalue weighted by Crippen LogP contribution is 2.18. The molecular weight excluding hydrogens is 286 g/mol. The van der Waals surface area contributed by atoms with Gasteiger partial charge in [0.25, 0.3) is 0 Å². The number of hydrogen-bond donors (Lipinski definition) is 1. The van der Waals surface area contributed by atoms with E-state index >= 15 is 0 Å². The lowest BCUT2D eigenvalue weighted by atomic mass is 10.0. The predicted octanol–water partition coefficient (Wildman–Crippen LogP) is 4.31. The number of nitrogens with one attached hydrogen (secondary N) is 1. The number of benzene rings is 2. The Hall–Kier alpha value is -2.55. The van der Waals surface area contributed by atoms with Gasteiger partial charge in [0.15, 0.2) is 5.78 Å². The van der Waals surface area contributed by atoms with Crippen LogP contribution >= 0.6 is 0 Å². The largest absolute Gasteiger partial charge is 0.497 e. The van der Waals surface area contributed by atoms with Gasteiger partial charge in [-0.15, -0.1) is 0 Å². The van der Waals surface area contributed by atoms with Crippen LogP contribution in [0.25, 0.3) is 5.70 Å². The van der Waals surface area contributed by atoms with Crippen molar-refractivity contribution in [1.29, 1.82) is 0 Å². The zero-order chi connectivity index (χ0) is 16.9. The summed E-state index contributed by atoms with van der Waals surface area (Å²) in [5, 5.41) is 3.41. The molecule has 0 heterocycles. The van der Waals surface area contributed by atoms with Crippen molar-refractivity contribution in [3.63, 3.8) is 0 Å². The number of hydrogen-bond acceptors (Lipinski definition) is 3. The van der Waals surface area contributed by atoms with E-state index in [1.807, 2.05) is 30.3 Å². The predicted molar refractivity (Wildman–Crippen MR) is 94.6 cm³/mol. The summed E-state index contributed by atoms with van der Waals surface area (Å²) in [5.41, 5.74) is 2.31. The van der Waals surface area contributed by atoms with Crippen molar-refractivity contribution < 1.29 is 9.53 Å². The van der Waals surface area contributed by atoms with Gasteiger partial charge in [0, 0.05) is 22.9 Å². The first-order valence-corrected chi connectivity index (χ1v) is 7.63. The minimum absolute atomic E-state index is 0.0387. The lowest BCUT2D eigenvalue weighted by Crippen LogP contribution is -2.34. The van der Waals surface area contributed by atoms with E-state index in [1.54, 1.807) is 37.5 Å². The van der Waals surface area contributed by atoms with Gasteiger partial charge in [0.1, 0.15) is 5.75 Å². The summed E-state index contributed by atoms with van der Waals surface area (Å²) in [6.45, 7) is 6.21. The second-order valence-electron chi connectivity index (χ2n) is 6.39. The molecule has 0 atom stereocenters. The summed E-state index contributed by atoms with van der Waals surface area (Å²) >= 11 is 0. The Balaban J connectivity index is 2.33. The highest BCUT2D eigenvalue weighted by atomic mass is 16.5. The molecule has 0 saturated heterocycles. The third kappa shape index (κ3) is 4.99. The average molecular weight is 309 g/mol.